The van der Waals surface area contributed by atoms with E-state index in [1.54, 1.807) is 18.2 Å². The zero-order chi connectivity index (χ0) is 17.2. The van der Waals surface area contributed by atoms with E-state index in [9.17, 15) is 14.4 Å². The molecule has 0 heterocycles. The highest BCUT2D eigenvalue weighted by Crippen LogP contribution is 2.19. The van der Waals surface area contributed by atoms with E-state index >= 15 is 0 Å². The first kappa shape index (κ1) is 18.6. The van der Waals surface area contributed by atoms with E-state index in [0.717, 1.165) is 13.0 Å². The SMILES string of the molecule is CCCNCCNC(=O)c1cc(NC(C)=O)cc(NC(C)=O)c1. The van der Waals surface area contributed by atoms with Gasteiger partial charge in [-0.15, -0.1) is 0 Å². The number of hydrogen-bond donors (Lipinski definition) is 4. The van der Waals surface area contributed by atoms with Crippen molar-refractivity contribution in [1.82, 2.24) is 10.6 Å². The van der Waals surface area contributed by atoms with Gasteiger partial charge in [-0.25, -0.2) is 0 Å². The number of carbonyl (C=O) groups is 3. The first-order valence-electron chi connectivity index (χ1n) is 7.61. The van der Waals surface area contributed by atoms with Crippen molar-refractivity contribution in [3.63, 3.8) is 0 Å². The summed E-state index contributed by atoms with van der Waals surface area (Å²) in [6, 6.07) is 4.74. The van der Waals surface area contributed by atoms with E-state index in [1.807, 2.05) is 0 Å². The summed E-state index contributed by atoms with van der Waals surface area (Å²) in [6.45, 7) is 6.92. The van der Waals surface area contributed by atoms with E-state index < -0.39 is 0 Å². The fourth-order valence-corrected chi connectivity index (χ4v) is 1.98. The molecule has 4 N–H and O–H groups in total. The molecule has 0 fully saturated rings. The summed E-state index contributed by atoms with van der Waals surface area (Å²) in [5, 5.41) is 11.2. The van der Waals surface area contributed by atoms with Crippen LogP contribution in [0.1, 0.15) is 37.6 Å². The van der Waals surface area contributed by atoms with Crippen LogP contribution in [0.25, 0.3) is 0 Å². The molecule has 0 unspecified atom stereocenters. The number of anilines is 2. The fourth-order valence-electron chi connectivity index (χ4n) is 1.98. The van der Waals surface area contributed by atoms with Gasteiger partial charge in [0, 0.05) is 43.9 Å². The van der Waals surface area contributed by atoms with Crippen LogP contribution in [0.5, 0.6) is 0 Å². The highest BCUT2D eigenvalue weighted by molar-refractivity contribution is 5.99. The van der Waals surface area contributed by atoms with E-state index in [-0.39, 0.29) is 17.7 Å². The van der Waals surface area contributed by atoms with Gasteiger partial charge in [0.05, 0.1) is 0 Å². The Morgan fingerprint density at radius 1 is 0.870 bits per heavy atom. The quantitative estimate of drug-likeness (QED) is 0.543. The van der Waals surface area contributed by atoms with Gasteiger partial charge >= 0.3 is 0 Å². The van der Waals surface area contributed by atoms with Gasteiger partial charge in [0.25, 0.3) is 5.91 Å². The van der Waals surface area contributed by atoms with E-state index in [1.165, 1.54) is 13.8 Å². The van der Waals surface area contributed by atoms with Crippen molar-refractivity contribution in [3.8, 4) is 0 Å². The number of amides is 3. The van der Waals surface area contributed by atoms with Gasteiger partial charge < -0.3 is 21.3 Å². The first-order valence-corrected chi connectivity index (χ1v) is 7.61. The third kappa shape index (κ3) is 7.42. The monoisotopic (exact) mass is 320 g/mol. The molecule has 0 radical (unpaired) electrons. The van der Waals surface area contributed by atoms with Gasteiger partial charge in [-0.3, -0.25) is 14.4 Å². The minimum atomic E-state index is -0.262. The smallest absolute Gasteiger partial charge is 0.251 e. The van der Waals surface area contributed by atoms with Gasteiger partial charge in [0.15, 0.2) is 0 Å². The molecule has 0 aliphatic heterocycles. The molecule has 0 bridgehead atoms. The van der Waals surface area contributed by atoms with Crippen molar-refractivity contribution in [1.29, 1.82) is 0 Å². The molecule has 23 heavy (non-hydrogen) atoms. The molecule has 7 nitrogen and oxygen atoms in total. The minimum absolute atomic E-state index is 0.250. The standard InChI is InChI=1S/C16H24N4O3/c1-4-5-17-6-7-18-16(23)13-8-14(19-11(2)21)10-15(9-13)20-12(3)22/h8-10,17H,4-7H2,1-3H3,(H,18,23)(H,19,21)(H,20,22). The molecular formula is C16H24N4O3. The minimum Gasteiger partial charge on any atom is -0.351 e. The molecule has 0 aliphatic rings. The second-order valence-corrected chi connectivity index (χ2v) is 5.17. The molecule has 0 saturated heterocycles. The molecule has 3 amide bonds. The summed E-state index contributed by atoms with van der Waals surface area (Å²) >= 11 is 0. The summed E-state index contributed by atoms with van der Waals surface area (Å²) in [5.41, 5.74) is 1.28. The highest BCUT2D eigenvalue weighted by Gasteiger charge is 2.10. The van der Waals surface area contributed by atoms with Crippen molar-refractivity contribution in [3.05, 3.63) is 23.8 Å². The number of rotatable bonds is 8. The molecule has 1 aromatic carbocycles. The molecule has 0 aliphatic carbocycles. The Bertz CT molecular complexity index is 538. The van der Waals surface area contributed by atoms with Crippen LogP contribution in [0.3, 0.4) is 0 Å². The third-order valence-corrected chi connectivity index (χ3v) is 2.85. The van der Waals surface area contributed by atoms with Crippen LogP contribution in [0.4, 0.5) is 11.4 Å². The number of nitrogens with one attached hydrogen (secondary N) is 4. The molecule has 126 valence electrons. The molecule has 1 rings (SSSR count). The maximum absolute atomic E-state index is 12.2. The molecule has 7 heteroatoms. The summed E-state index contributed by atoms with van der Waals surface area (Å²) in [6.07, 6.45) is 1.03. The summed E-state index contributed by atoms with van der Waals surface area (Å²) in [4.78, 5) is 34.6. The second kappa shape index (κ2) is 9.58. The lowest BCUT2D eigenvalue weighted by molar-refractivity contribution is -0.115. The number of benzene rings is 1. The Labute approximate surface area is 136 Å². The fraction of sp³-hybridized carbons (Fsp3) is 0.438. The van der Waals surface area contributed by atoms with Crippen LogP contribution in [-0.2, 0) is 9.59 Å². The molecular weight excluding hydrogens is 296 g/mol. The Morgan fingerprint density at radius 3 is 1.91 bits per heavy atom. The zero-order valence-corrected chi connectivity index (χ0v) is 13.8. The Balaban J connectivity index is 2.79. The van der Waals surface area contributed by atoms with Crippen LogP contribution >= 0.6 is 0 Å². The number of hydrogen-bond acceptors (Lipinski definition) is 4. The maximum atomic E-state index is 12.2. The first-order chi connectivity index (χ1) is 10.9. The van der Waals surface area contributed by atoms with E-state index in [2.05, 4.69) is 28.2 Å². The van der Waals surface area contributed by atoms with Crippen LogP contribution < -0.4 is 21.3 Å². The van der Waals surface area contributed by atoms with E-state index in [0.29, 0.717) is 30.0 Å². The van der Waals surface area contributed by atoms with E-state index in [4.69, 9.17) is 0 Å². The number of carbonyl (C=O) groups excluding carboxylic acids is 3. The molecule has 1 aromatic rings. The Hall–Kier alpha value is -2.41. The lowest BCUT2D eigenvalue weighted by Gasteiger charge is -2.11. The largest absolute Gasteiger partial charge is 0.351 e. The van der Waals surface area contributed by atoms with Crippen LogP contribution in [0, 0.1) is 0 Å². The van der Waals surface area contributed by atoms with Crippen molar-refractivity contribution in [2.45, 2.75) is 27.2 Å². The lowest BCUT2D eigenvalue weighted by atomic mass is 10.1. The van der Waals surface area contributed by atoms with Crippen LogP contribution in [0.15, 0.2) is 18.2 Å². The van der Waals surface area contributed by atoms with Crippen LogP contribution in [0.2, 0.25) is 0 Å². The van der Waals surface area contributed by atoms with Crippen molar-refractivity contribution in [2.24, 2.45) is 0 Å². The summed E-state index contributed by atoms with van der Waals surface area (Å²) in [5.74, 6) is -0.762. The van der Waals surface area contributed by atoms with Gasteiger partial charge in [-0.2, -0.15) is 0 Å². The predicted octanol–water partition coefficient (Wildman–Crippen LogP) is 1.33. The average molecular weight is 320 g/mol. The lowest BCUT2D eigenvalue weighted by Crippen LogP contribution is -2.32. The Morgan fingerprint density at radius 2 is 1.43 bits per heavy atom. The van der Waals surface area contributed by atoms with Crippen LogP contribution in [-0.4, -0.2) is 37.4 Å². The Kier molecular flexibility index (Phi) is 7.76. The highest BCUT2D eigenvalue weighted by atomic mass is 16.2. The molecule has 0 aromatic heterocycles. The van der Waals surface area contributed by atoms with Gasteiger partial charge in [0.1, 0.15) is 0 Å². The van der Waals surface area contributed by atoms with Crippen molar-refractivity contribution < 1.29 is 14.4 Å². The van der Waals surface area contributed by atoms with Crippen molar-refractivity contribution >= 4 is 29.1 Å². The molecule has 0 atom stereocenters. The summed E-state index contributed by atoms with van der Waals surface area (Å²) < 4.78 is 0. The van der Waals surface area contributed by atoms with Gasteiger partial charge in [-0.05, 0) is 31.2 Å². The topological polar surface area (TPSA) is 99.3 Å². The maximum Gasteiger partial charge on any atom is 0.251 e. The predicted molar refractivity (Wildman–Crippen MR) is 90.5 cm³/mol. The second-order valence-electron chi connectivity index (χ2n) is 5.17. The van der Waals surface area contributed by atoms with Gasteiger partial charge in [-0.1, -0.05) is 6.92 Å². The summed E-state index contributed by atoms with van der Waals surface area (Å²) in [7, 11) is 0. The molecule has 0 spiro atoms. The zero-order valence-electron chi connectivity index (χ0n) is 13.8. The van der Waals surface area contributed by atoms with Crippen molar-refractivity contribution in [2.75, 3.05) is 30.3 Å². The average Bonchev–Trinajstić information content (AvgIpc) is 2.45. The normalized spacial score (nSPS) is 10.0. The van der Waals surface area contributed by atoms with Gasteiger partial charge in [0.2, 0.25) is 11.8 Å². The molecule has 0 saturated carbocycles. The third-order valence-electron chi connectivity index (χ3n) is 2.85.